The molecule has 86 valence electrons. The third-order valence-corrected chi connectivity index (χ3v) is 4.12. The number of hydrogen-bond donors (Lipinski definition) is 1. The normalized spacial score (nSPS) is 21.9. The number of carbonyl (C=O) groups is 1. The van der Waals surface area contributed by atoms with Crippen LogP contribution in [0.5, 0.6) is 0 Å². The van der Waals surface area contributed by atoms with Crippen molar-refractivity contribution in [1.82, 2.24) is 0 Å². The number of halogens is 1. The molecule has 0 bridgehead atoms. The van der Waals surface area contributed by atoms with Gasteiger partial charge in [0.2, 0.25) is 0 Å². The summed E-state index contributed by atoms with van der Waals surface area (Å²) < 4.78 is 12.8. The summed E-state index contributed by atoms with van der Waals surface area (Å²) in [6.07, 6.45) is 0.930. The highest BCUT2D eigenvalue weighted by atomic mass is 32.2. The minimum absolute atomic E-state index is 0.174. The Kier molecular flexibility index (Phi) is 3.49. The molecule has 0 aliphatic carbocycles. The summed E-state index contributed by atoms with van der Waals surface area (Å²) in [5.41, 5.74) is 0.710. The highest BCUT2D eigenvalue weighted by Crippen LogP contribution is 2.36. The van der Waals surface area contributed by atoms with E-state index in [2.05, 4.69) is 0 Å². The number of benzene rings is 1. The number of carboxylic acid groups (broad SMARTS) is 1. The summed E-state index contributed by atoms with van der Waals surface area (Å²) in [5.74, 6) is 0.459. The van der Waals surface area contributed by atoms with Crippen molar-refractivity contribution in [3.05, 3.63) is 35.6 Å². The van der Waals surface area contributed by atoms with E-state index in [1.165, 1.54) is 12.1 Å². The van der Waals surface area contributed by atoms with E-state index in [4.69, 9.17) is 0 Å². The van der Waals surface area contributed by atoms with E-state index in [9.17, 15) is 14.3 Å². The molecule has 2 nitrogen and oxygen atoms in total. The van der Waals surface area contributed by atoms with Crippen molar-refractivity contribution in [2.24, 2.45) is 5.92 Å². The highest BCUT2D eigenvalue weighted by Gasteiger charge is 2.32. The minimum atomic E-state index is -0.806. The first-order valence-electron chi connectivity index (χ1n) is 5.24. The first-order valence-corrected chi connectivity index (χ1v) is 6.40. The fourth-order valence-corrected chi connectivity index (χ4v) is 3.40. The van der Waals surface area contributed by atoms with Crippen LogP contribution in [-0.4, -0.2) is 22.6 Å². The molecular formula is C12H13FO2S. The van der Waals surface area contributed by atoms with Gasteiger partial charge in [-0.15, -0.1) is 0 Å². The summed E-state index contributed by atoms with van der Waals surface area (Å²) in [7, 11) is 0. The number of rotatable bonds is 3. The van der Waals surface area contributed by atoms with E-state index in [0.29, 0.717) is 5.56 Å². The molecule has 0 aromatic heterocycles. The minimum Gasteiger partial charge on any atom is -0.481 e. The molecule has 1 N–H and O–H groups in total. The lowest BCUT2D eigenvalue weighted by molar-refractivity contribution is -0.140. The van der Waals surface area contributed by atoms with Crippen LogP contribution in [0.2, 0.25) is 0 Å². The lowest BCUT2D eigenvalue weighted by atomic mass is 9.86. The summed E-state index contributed by atoms with van der Waals surface area (Å²) in [6, 6.07) is 5.81. The molecule has 2 rings (SSSR count). The van der Waals surface area contributed by atoms with Crippen LogP contribution in [0.1, 0.15) is 17.9 Å². The summed E-state index contributed by atoms with van der Waals surface area (Å²) >= 11 is 1.79. The fraction of sp³-hybridized carbons (Fsp3) is 0.417. The van der Waals surface area contributed by atoms with Gasteiger partial charge >= 0.3 is 5.97 Å². The maximum Gasteiger partial charge on any atom is 0.311 e. The lowest BCUT2D eigenvalue weighted by Crippen LogP contribution is -2.21. The molecule has 1 aliphatic rings. The number of hydrogen-bond acceptors (Lipinski definition) is 2. The predicted molar refractivity (Wildman–Crippen MR) is 62.2 cm³/mol. The molecule has 0 radical (unpaired) electrons. The molecule has 0 saturated carbocycles. The van der Waals surface area contributed by atoms with Crippen molar-refractivity contribution in [3.8, 4) is 0 Å². The summed E-state index contributed by atoms with van der Waals surface area (Å²) in [4.78, 5) is 11.3. The molecule has 0 spiro atoms. The standard InChI is InChI=1S/C12H13FO2S/c13-10-3-1-8(2-4-10)11(12(14)15)9-5-6-16-7-9/h1-4,9,11H,5-7H2,(H,14,15). The van der Waals surface area contributed by atoms with Crippen molar-refractivity contribution in [2.45, 2.75) is 12.3 Å². The quantitative estimate of drug-likeness (QED) is 0.882. The maximum absolute atomic E-state index is 12.8. The van der Waals surface area contributed by atoms with Crippen LogP contribution in [-0.2, 0) is 4.79 Å². The Morgan fingerprint density at radius 2 is 2.12 bits per heavy atom. The average Bonchev–Trinajstić information content (AvgIpc) is 2.74. The van der Waals surface area contributed by atoms with Gasteiger partial charge in [-0.1, -0.05) is 12.1 Å². The van der Waals surface area contributed by atoms with Crippen LogP contribution in [0.15, 0.2) is 24.3 Å². The molecule has 4 heteroatoms. The molecular weight excluding hydrogens is 227 g/mol. The molecule has 1 aromatic rings. The first-order chi connectivity index (χ1) is 7.68. The first kappa shape index (κ1) is 11.5. The molecule has 2 unspecified atom stereocenters. The second-order valence-corrected chi connectivity index (χ2v) is 5.14. The van der Waals surface area contributed by atoms with E-state index < -0.39 is 11.9 Å². The van der Waals surface area contributed by atoms with Gasteiger partial charge in [0, 0.05) is 0 Å². The van der Waals surface area contributed by atoms with Crippen molar-refractivity contribution < 1.29 is 14.3 Å². The second-order valence-electron chi connectivity index (χ2n) is 3.99. The smallest absolute Gasteiger partial charge is 0.311 e. The molecule has 0 amide bonds. The van der Waals surface area contributed by atoms with E-state index in [1.807, 2.05) is 0 Å². The maximum atomic E-state index is 12.8. The SMILES string of the molecule is O=C(O)C(c1ccc(F)cc1)C1CCSC1. The van der Waals surface area contributed by atoms with Crippen LogP contribution in [0, 0.1) is 11.7 Å². The van der Waals surface area contributed by atoms with Gasteiger partial charge in [-0.3, -0.25) is 4.79 Å². The second kappa shape index (κ2) is 4.87. The molecule has 2 atom stereocenters. The van der Waals surface area contributed by atoms with Gasteiger partial charge in [-0.2, -0.15) is 11.8 Å². The van der Waals surface area contributed by atoms with Gasteiger partial charge in [0.1, 0.15) is 5.82 Å². The highest BCUT2D eigenvalue weighted by molar-refractivity contribution is 7.99. The van der Waals surface area contributed by atoms with Crippen molar-refractivity contribution in [1.29, 1.82) is 0 Å². The number of thioether (sulfide) groups is 1. The van der Waals surface area contributed by atoms with Gasteiger partial charge in [-0.25, -0.2) is 4.39 Å². The Balaban J connectivity index is 2.24. The Labute approximate surface area is 97.9 Å². The summed E-state index contributed by atoms with van der Waals surface area (Å²) in [6.45, 7) is 0. The van der Waals surface area contributed by atoms with Gasteiger partial charge in [-0.05, 0) is 41.5 Å². The Morgan fingerprint density at radius 1 is 1.44 bits per heavy atom. The third kappa shape index (κ3) is 2.38. The Bertz CT molecular complexity index is 371. The molecule has 1 aromatic carbocycles. The Hall–Kier alpha value is -1.03. The van der Waals surface area contributed by atoms with Crippen molar-refractivity contribution in [3.63, 3.8) is 0 Å². The monoisotopic (exact) mass is 240 g/mol. The molecule has 1 saturated heterocycles. The van der Waals surface area contributed by atoms with Gasteiger partial charge in [0.15, 0.2) is 0 Å². The van der Waals surface area contributed by atoms with Gasteiger partial charge < -0.3 is 5.11 Å². The predicted octanol–water partition coefficient (Wildman–Crippen LogP) is 2.75. The number of carboxylic acids is 1. The molecule has 1 heterocycles. The van der Waals surface area contributed by atoms with E-state index in [1.54, 1.807) is 23.9 Å². The third-order valence-electron chi connectivity index (χ3n) is 2.93. The van der Waals surface area contributed by atoms with Crippen LogP contribution in [0.3, 0.4) is 0 Å². The Morgan fingerprint density at radius 3 is 2.62 bits per heavy atom. The zero-order valence-corrected chi connectivity index (χ0v) is 9.54. The van der Waals surface area contributed by atoms with Crippen LogP contribution < -0.4 is 0 Å². The average molecular weight is 240 g/mol. The van der Waals surface area contributed by atoms with Crippen LogP contribution in [0.4, 0.5) is 4.39 Å². The van der Waals surface area contributed by atoms with Crippen LogP contribution in [0.25, 0.3) is 0 Å². The van der Waals surface area contributed by atoms with E-state index >= 15 is 0 Å². The fourth-order valence-electron chi connectivity index (χ4n) is 2.10. The topological polar surface area (TPSA) is 37.3 Å². The number of aliphatic carboxylic acids is 1. The van der Waals surface area contributed by atoms with E-state index in [-0.39, 0.29) is 11.7 Å². The van der Waals surface area contributed by atoms with Gasteiger partial charge in [0.05, 0.1) is 5.92 Å². The molecule has 16 heavy (non-hydrogen) atoms. The van der Waals surface area contributed by atoms with Crippen molar-refractivity contribution >= 4 is 17.7 Å². The lowest BCUT2D eigenvalue weighted by Gasteiger charge is -2.18. The van der Waals surface area contributed by atoms with E-state index in [0.717, 1.165) is 17.9 Å². The zero-order valence-electron chi connectivity index (χ0n) is 8.73. The summed E-state index contributed by atoms with van der Waals surface area (Å²) in [5, 5.41) is 9.25. The molecule has 1 fully saturated rings. The van der Waals surface area contributed by atoms with Gasteiger partial charge in [0.25, 0.3) is 0 Å². The van der Waals surface area contributed by atoms with Crippen molar-refractivity contribution in [2.75, 3.05) is 11.5 Å². The van der Waals surface area contributed by atoms with Crippen LogP contribution >= 0.6 is 11.8 Å². The zero-order chi connectivity index (χ0) is 11.5. The molecule has 1 aliphatic heterocycles. The largest absolute Gasteiger partial charge is 0.481 e.